The van der Waals surface area contributed by atoms with Gasteiger partial charge in [-0.05, 0) is 55.7 Å². The maximum Gasteiger partial charge on any atom is 0.256 e. The topological polar surface area (TPSA) is 137 Å². The van der Waals surface area contributed by atoms with Crippen LogP contribution < -0.4 is 11.1 Å². The van der Waals surface area contributed by atoms with Crippen molar-refractivity contribution < 1.29 is 18.0 Å². The van der Waals surface area contributed by atoms with E-state index in [2.05, 4.69) is 17.3 Å². The molecule has 2 aromatic heterocycles. The van der Waals surface area contributed by atoms with Crippen molar-refractivity contribution in [3.8, 4) is 11.3 Å². The van der Waals surface area contributed by atoms with E-state index < -0.39 is 15.7 Å². The summed E-state index contributed by atoms with van der Waals surface area (Å²) in [6.07, 6.45) is 1.35. The predicted molar refractivity (Wildman–Crippen MR) is 142 cm³/mol. The van der Waals surface area contributed by atoms with Crippen molar-refractivity contribution in [1.82, 2.24) is 14.8 Å². The van der Waals surface area contributed by atoms with E-state index in [4.69, 9.17) is 10.7 Å². The molecule has 37 heavy (non-hydrogen) atoms. The predicted octanol–water partition coefficient (Wildman–Crippen LogP) is 3.68. The highest BCUT2D eigenvalue weighted by Crippen LogP contribution is 2.32. The normalized spacial score (nSPS) is 16.6. The monoisotopic (exact) mass is 517 g/mol. The second kappa shape index (κ2) is 9.44. The second-order valence-corrected chi connectivity index (χ2v) is 11.5. The number of anilines is 1. The third-order valence-corrected chi connectivity index (χ3v) is 8.47. The number of hydrogen-bond acceptors (Lipinski definition) is 6. The number of carbonyl (C=O) groups is 2. The summed E-state index contributed by atoms with van der Waals surface area (Å²) in [7, 11) is -3.15. The molecule has 1 unspecified atom stereocenters. The smallest absolute Gasteiger partial charge is 0.256 e. The second-order valence-electron chi connectivity index (χ2n) is 9.29. The lowest BCUT2D eigenvalue weighted by Gasteiger charge is -2.13. The Morgan fingerprint density at radius 2 is 1.81 bits per heavy atom. The zero-order valence-electron chi connectivity index (χ0n) is 20.6. The number of pyridine rings is 1. The number of aryl methyl sites for hydroxylation is 2. The highest BCUT2D eigenvalue weighted by molar-refractivity contribution is 7.91. The standard InChI is InChI=1S/C27H27N5O4S/c1-3-17-4-6-18(7-5-17)23-14-22(27(34)29-20-10-8-19(9-11-20)25(28)33)24-16(2)31-32(26(24)30-23)21-12-13-37(35,36)15-21/h4-11,14,21H,3,12-13,15H2,1-2H3,(H2,28,33)(H,29,34). The van der Waals surface area contributed by atoms with Crippen molar-refractivity contribution >= 4 is 38.4 Å². The molecule has 190 valence electrons. The zero-order chi connectivity index (χ0) is 26.3. The van der Waals surface area contributed by atoms with E-state index >= 15 is 0 Å². The summed E-state index contributed by atoms with van der Waals surface area (Å²) in [5, 5.41) is 8.09. The summed E-state index contributed by atoms with van der Waals surface area (Å²) in [6, 6.07) is 15.7. The Hall–Kier alpha value is -4.05. The molecular formula is C27H27N5O4S. The summed E-state index contributed by atoms with van der Waals surface area (Å²) in [5.74, 6) is -0.823. The number of primary amides is 1. The molecular weight excluding hydrogens is 490 g/mol. The van der Waals surface area contributed by atoms with Crippen molar-refractivity contribution in [3.05, 3.63) is 77.0 Å². The molecule has 1 fully saturated rings. The van der Waals surface area contributed by atoms with E-state index in [0.717, 1.165) is 12.0 Å². The van der Waals surface area contributed by atoms with Crippen LogP contribution in [0.15, 0.2) is 54.6 Å². The van der Waals surface area contributed by atoms with Crippen molar-refractivity contribution in [3.63, 3.8) is 0 Å². The third kappa shape index (κ3) is 4.84. The van der Waals surface area contributed by atoms with Crippen LogP contribution in [0.4, 0.5) is 5.69 Å². The highest BCUT2D eigenvalue weighted by atomic mass is 32.2. The van der Waals surface area contributed by atoms with Crippen LogP contribution in [0.3, 0.4) is 0 Å². The average molecular weight is 518 g/mol. The highest BCUT2D eigenvalue weighted by Gasteiger charge is 2.32. The van der Waals surface area contributed by atoms with E-state index in [0.29, 0.717) is 45.7 Å². The van der Waals surface area contributed by atoms with Gasteiger partial charge in [-0.25, -0.2) is 18.1 Å². The van der Waals surface area contributed by atoms with E-state index in [-0.39, 0.29) is 23.5 Å². The molecule has 0 aliphatic carbocycles. The van der Waals surface area contributed by atoms with Crippen molar-refractivity contribution in [1.29, 1.82) is 0 Å². The van der Waals surface area contributed by atoms with E-state index in [1.54, 1.807) is 41.9 Å². The van der Waals surface area contributed by atoms with Crippen LogP contribution in [0, 0.1) is 6.92 Å². The zero-order valence-corrected chi connectivity index (χ0v) is 21.4. The van der Waals surface area contributed by atoms with Gasteiger partial charge in [-0.3, -0.25) is 9.59 Å². The minimum absolute atomic E-state index is 0.00589. The first-order valence-corrected chi connectivity index (χ1v) is 13.9. The number of fused-ring (bicyclic) bond motifs is 1. The van der Waals surface area contributed by atoms with Crippen LogP contribution in [-0.2, 0) is 16.3 Å². The van der Waals surface area contributed by atoms with Gasteiger partial charge in [-0.1, -0.05) is 31.2 Å². The van der Waals surface area contributed by atoms with Crippen LogP contribution in [0.2, 0.25) is 0 Å². The molecule has 10 heteroatoms. The largest absolute Gasteiger partial charge is 0.366 e. The molecule has 0 saturated carbocycles. The molecule has 0 spiro atoms. The quantitative estimate of drug-likeness (QED) is 0.400. The Labute approximate surface area is 214 Å². The number of rotatable bonds is 6. The number of hydrogen-bond donors (Lipinski definition) is 2. The summed E-state index contributed by atoms with van der Waals surface area (Å²) in [4.78, 5) is 29.8. The molecule has 1 atom stereocenters. The lowest BCUT2D eigenvalue weighted by Crippen LogP contribution is -2.15. The van der Waals surface area contributed by atoms with Crippen LogP contribution in [0.1, 0.15) is 51.4 Å². The molecule has 2 amide bonds. The Balaban J connectivity index is 1.63. The first kappa shape index (κ1) is 24.6. The van der Waals surface area contributed by atoms with Gasteiger partial charge in [-0.15, -0.1) is 0 Å². The van der Waals surface area contributed by atoms with Gasteiger partial charge in [-0.2, -0.15) is 5.10 Å². The third-order valence-electron chi connectivity index (χ3n) is 6.72. The number of nitrogens with one attached hydrogen (secondary N) is 1. The number of sulfone groups is 1. The summed E-state index contributed by atoms with van der Waals surface area (Å²) >= 11 is 0. The molecule has 4 aromatic rings. The number of nitrogens with two attached hydrogens (primary N) is 1. The van der Waals surface area contributed by atoms with Gasteiger partial charge in [0.25, 0.3) is 5.91 Å². The fourth-order valence-electron chi connectivity index (χ4n) is 4.69. The fraction of sp³-hybridized carbons (Fsp3) is 0.259. The maximum absolute atomic E-state index is 13.6. The summed E-state index contributed by atoms with van der Waals surface area (Å²) < 4.78 is 26.1. The minimum Gasteiger partial charge on any atom is -0.366 e. The fourth-order valence-corrected chi connectivity index (χ4v) is 6.38. The maximum atomic E-state index is 13.6. The molecule has 1 saturated heterocycles. The van der Waals surface area contributed by atoms with Gasteiger partial charge >= 0.3 is 0 Å². The molecule has 1 aliphatic rings. The van der Waals surface area contributed by atoms with Gasteiger partial charge in [0.15, 0.2) is 15.5 Å². The number of nitrogens with zero attached hydrogens (tertiary/aromatic N) is 3. The van der Waals surface area contributed by atoms with Crippen molar-refractivity contribution in [2.45, 2.75) is 32.7 Å². The van der Waals surface area contributed by atoms with Gasteiger partial charge in [0.2, 0.25) is 5.91 Å². The van der Waals surface area contributed by atoms with E-state index in [9.17, 15) is 18.0 Å². The van der Waals surface area contributed by atoms with Crippen LogP contribution >= 0.6 is 0 Å². The first-order chi connectivity index (χ1) is 17.6. The number of aromatic nitrogens is 3. The summed E-state index contributed by atoms with van der Waals surface area (Å²) in [6.45, 7) is 3.87. The molecule has 0 bridgehead atoms. The van der Waals surface area contributed by atoms with Crippen LogP contribution in [0.5, 0.6) is 0 Å². The molecule has 5 rings (SSSR count). The Morgan fingerprint density at radius 1 is 1.11 bits per heavy atom. The lowest BCUT2D eigenvalue weighted by molar-refractivity contribution is 0.0998. The van der Waals surface area contributed by atoms with E-state index in [1.807, 2.05) is 24.3 Å². The van der Waals surface area contributed by atoms with Gasteiger partial charge in [0, 0.05) is 16.8 Å². The Bertz CT molecular complexity index is 1620. The SMILES string of the molecule is CCc1ccc(-c2cc(C(=O)Nc3ccc(C(N)=O)cc3)c3c(C)nn(C4CCS(=O)(=O)C4)c3n2)cc1. The molecule has 1 aliphatic heterocycles. The molecule has 3 N–H and O–H groups in total. The van der Waals surface area contributed by atoms with Crippen LogP contribution in [-0.4, -0.2) is 46.5 Å². The van der Waals surface area contributed by atoms with Gasteiger partial charge in [0.1, 0.15) is 0 Å². The number of amides is 2. The summed E-state index contributed by atoms with van der Waals surface area (Å²) in [5.41, 5.74) is 10.2. The van der Waals surface area contributed by atoms with Gasteiger partial charge in [0.05, 0.1) is 39.9 Å². The van der Waals surface area contributed by atoms with Crippen molar-refractivity contribution in [2.75, 3.05) is 16.8 Å². The molecule has 9 nitrogen and oxygen atoms in total. The minimum atomic E-state index is -3.15. The first-order valence-electron chi connectivity index (χ1n) is 12.1. The Morgan fingerprint density at radius 3 is 2.41 bits per heavy atom. The Kier molecular flexibility index (Phi) is 6.28. The number of carbonyl (C=O) groups excluding carboxylic acids is 2. The van der Waals surface area contributed by atoms with E-state index in [1.165, 1.54) is 5.56 Å². The lowest BCUT2D eigenvalue weighted by atomic mass is 10.0. The van der Waals surface area contributed by atoms with Crippen molar-refractivity contribution in [2.24, 2.45) is 5.73 Å². The molecule has 2 aromatic carbocycles. The number of benzene rings is 2. The molecule has 3 heterocycles. The molecule has 0 radical (unpaired) electrons. The van der Waals surface area contributed by atoms with Gasteiger partial charge < -0.3 is 11.1 Å². The average Bonchev–Trinajstić information content (AvgIpc) is 3.42. The van der Waals surface area contributed by atoms with Crippen LogP contribution in [0.25, 0.3) is 22.3 Å².